The maximum atomic E-state index is 12.3. The van der Waals surface area contributed by atoms with E-state index < -0.39 is 0 Å². The van der Waals surface area contributed by atoms with E-state index in [1.165, 1.54) is 0 Å². The molecule has 0 saturated carbocycles. The van der Waals surface area contributed by atoms with Gasteiger partial charge in [-0.1, -0.05) is 17.7 Å². The molecule has 4 nitrogen and oxygen atoms in total. The SMILES string of the molecule is Cc1ccc(NC(=O)c2ccc(N3CCC(O)CC3)cc2)cc1Cl. The maximum Gasteiger partial charge on any atom is 0.255 e. The first-order chi connectivity index (χ1) is 11.5. The quantitative estimate of drug-likeness (QED) is 0.888. The summed E-state index contributed by atoms with van der Waals surface area (Å²) in [6, 6.07) is 13.0. The number of nitrogens with one attached hydrogen (secondary N) is 1. The number of carbonyl (C=O) groups is 1. The maximum absolute atomic E-state index is 12.3. The highest BCUT2D eigenvalue weighted by Crippen LogP contribution is 2.22. The van der Waals surface area contributed by atoms with Gasteiger partial charge in [0.25, 0.3) is 5.91 Å². The molecule has 0 bridgehead atoms. The van der Waals surface area contributed by atoms with Crippen molar-refractivity contribution in [1.29, 1.82) is 0 Å². The fourth-order valence-electron chi connectivity index (χ4n) is 2.82. The second-order valence-corrected chi connectivity index (χ2v) is 6.59. The molecule has 1 aliphatic rings. The molecule has 126 valence electrons. The molecule has 1 amide bonds. The van der Waals surface area contributed by atoms with Crippen LogP contribution in [0.3, 0.4) is 0 Å². The summed E-state index contributed by atoms with van der Waals surface area (Å²) in [5, 5.41) is 13.1. The standard InChI is InChI=1S/C19H21ClN2O2/c1-13-2-5-15(12-18(13)20)21-19(24)14-3-6-16(7-4-14)22-10-8-17(23)9-11-22/h2-7,12,17,23H,8-11H2,1H3,(H,21,24). The molecule has 0 unspecified atom stereocenters. The number of anilines is 2. The number of rotatable bonds is 3. The molecule has 0 spiro atoms. The van der Waals surface area contributed by atoms with Gasteiger partial charge in [-0.15, -0.1) is 0 Å². The van der Waals surface area contributed by atoms with Crippen LogP contribution in [-0.4, -0.2) is 30.2 Å². The Morgan fingerprint density at radius 2 is 1.83 bits per heavy atom. The van der Waals surface area contributed by atoms with Crippen molar-refractivity contribution in [2.75, 3.05) is 23.3 Å². The third-order valence-electron chi connectivity index (χ3n) is 4.39. The largest absolute Gasteiger partial charge is 0.393 e. The lowest BCUT2D eigenvalue weighted by molar-refractivity contribution is 0.102. The van der Waals surface area contributed by atoms with Crippen molar-refractivity contribution >= 4 is 28.9 Å². The summed E-state index contributed by atoms with van der Waals surface area (Å²) >= 11 is 6.09. The molecule has 2 aromatic carbocycles. The van der Waals surface area contributed by atoms with Gasteiger partial charge in [0.1, 0.15) is 0 Å². The first-order valence-electron chi connectivity index (χ1n) is 8.13. The first-order valence-corrected chi connectivity index (χ1v) is 8.51. The number of carbonyl (C=O) groups excluding carboxylic acids is 1. The van der Waals surface area contributed by atoms with E-state index in [1.807, 2.05) is 43.3 Å². The van der Waals surface area contributed by atoms with Gasteiger partial charge in [0, 0.05) is 35.1 Å². The van der Waals surface area contributed by atoms with Gasteiger partial charge in [-0.2, -0.15) is 0 Å². The number of nitrogens with zero attached hydrogens (tertiary/aromatic N) is 1. The Bertz CT molecular complexity index is 723. The first kappa shape index (κ1) is 16.8. The highest BCUT2D eigenvalue weighted by atomic mass is 35.5. The minimum Gasteiger partial charge on any atom is -0.393 e. The van der Waals surface area contributed by atoms with Gasteiger partial charge >= 0.3 is 0 Å². The summed E-state index contributed by atoms with van der Waals surface area (Å²) in [7, 11) is 0. The molecule has 0 aromatic heterocycles. The van der Waals surface area contributed by atoms with Crippen molar-refractivity contribution in [1.82, 2.24) is 0 Å². The molecule has 2 N–H and O–H groups in total. The van der Waals surface area contributed by atoms with Crippen molar-refractivity contribution in [2.45, 2.75) is 25.9 Å². The van der Waals surface area contributed by atoms with Gasteiger partial charge in [0.15, 0.2) is 0 Å². The third kappa shape index (κ3) is 3.89. The number of aliphatic hydroxyl groups excluding tert-OH is 1. The van der Waals surface area contributed by atoms with E-state index in [1.54, 1.807) is 6.07 Å². The van der Waals surface area contributed by atoms with E-state index in [0.29, 0.717) is 16.3 Å². The summed E-state index contributed by atoms with van der Waals surface area (Å²) in [6.45, 7) is 3.61. The number of aliphatic hydroxyl groups is 1. The monoisotopic (exact) mass is 344 g/mol. The molecule has 2 aromatic rings. The van der Waals surface area contributed by atoms with Crippen LogP contribution in [0.5, 0.6) is 0 Å². The lowest BCUT2D eigenvalue weighted by atomic mass is 10.1. The normalized spacial score (nSPS) is 15.4. The Morgan fingerprint density at radius 1 is 1.17 bits per heavy atom. The second-order valence-electron chi connectivity index (χ2n) is 6.18. The van der Waals surface area contributed by atoms with Crippen LogP contribution in [0, 0.1) is 6.92 Å². The Balaban J connectivity index is 1.66. The number of amides is 1. The zero-order valence-corrected chi connectivity index (χ0v) is 14.4. The number of hydrogen-bond acceptors (Lipinski definition) is 3. The lowest BCUT2D eigenvalue weighted by Gasteiger charge is -2.31. The van der Waals surface area contributed by atoms with Gasteiger partial charge in [-0.3, -0.25) is 4.79 Å². The van der Waals surface area contributed by atoms with Crippen LogP contribution in [0.4, 0.5) is 11.4 Å². The summed E-state index contributed by atoms with van der Waals surface area (Å²) in [6.07, 6.45) is 1.39. The van der Waals surface area contributed by atoms with Crippen molar-refractivity contribution in [3.8, 4) is 0 Å². The molecule has 5 heteroatoms. The molecule has 0 atom stereocenters. The predicted molar refractivity (Wildman–Crippen MR) is 98.0 cm³/mol. The van der Waals surface area contributed by atoms with Crippen LogP contribution >= 0.6 is 11.6 Å². The smallest absolute Gasteiger partial charge is 0.255 e. The average molecular weight is 345 g/mol. The minimum atomic E-state index is -0.187. The Morgan fingerprint density at radius 3 is 2.46 bits per heavy atom. The molecule has 1 fully saturated rings. The number of hydrogen-bond donors (Lipinski definition) is 2. The van der Waals surface area contributed by atoms with Crippen LogP contribution in [0.2, 0.25) is 5.02 Å². The van der Waals surface area contributed by atoms with E-state index in [4.69, 9.17) is 11.6 Å². The van der Waals surface area contributed by atoms with E-state index in [9.17, 15) is 9.90 Å². The molecular formula is C19H21ClN2O2. The van der Waals surface area contributed by atoms with Crippen molar-refractivity contribution in [3.05, 3.63) is 58.6 Å². The van der Waals surface area contributed by atoms with Crippen molar-refractivity contribution in [3.63, 3.8) is 0 Å². The highest BCUT2D eigenvalue weighted by Gasteiger charge is 2.17. The second kappa shape index (κ2) is 7.24. The van der Waals surface area contributed by atoms with E-state index in [0.717, 1.165) is 37.2 Å². The van der Waals surface area contributed by atoms with Crippen molar-refractivity contribution < 1.29 is 9.90 Å². The van der Waals surface area contributed by atoms with E-state index in [-0.39, 0.29) is 12.0 Å². The van der Waals surface area contributed by atoms with Gasteiger partial charge in [0.2, 0.25) is 0 Å². The van der Waals surface area contributed by atoms with Gasteiger partial charge in [0.05, 0.1) is 6.10 Å². The van der Waals surface area contributed by atoms with Crippen LogP contribution < -0.4 is 10.2 Å². The zero-order chi connectivity index (χ0) is 17.1. The number of halogens is 1. The number of piperidine rings is 1. The van der Waals surface area contributed by atoms with Crippen molar-refractivity contribution in [2.24, 2.45) is 0 Å². The average Bonchev–Trinajstić information content (AvgIpc) is 2.59. The molecule has 3 rings (SSSR count). The van der Waals surface area contributed by atoms with Crippen LogP contribution in [0.1, 0.15) is 28.8 Å². The number of aryl methyl sites for hydroxylation is 1. The molecule has 1 saturated heterocycles. The van der Waals surface area contributed by atoms with Gasteiger partial charge < -0.3 is 15.3 Å². The topological polar surface area (TPSA) is 52.6 Å². The molecule has 1 aliphatic heterocycles. The zero-order valence-electron chi connectivity index (χ0n) is 13.6. The van der Waals surface area contributed by atoms with Gasteiger partial charge in [-0.25, -0.2) is 0 Å². The summed E-state index contributed by atoms with van der Waals surface area (Å²) in [5.41, 5.74) is 3.35. The molecule has 0 radical (unpaired) electrons. The van der Waals surface area contributed by atoms with Crippen LogP contribution in [-0.2, 0) is 0 Å². The third-order valence-corrected chi connectivity index (χ3v) is 4.80. The highest BCUT2D eigenvalue weighted by molar-refractivity contribution is 6.31. The fraction of sp³-hybridized carbons (Fsp3) is 0.316. The summed E-state index contributed by atoms with van der Waals surface area (Å²) in [5.74, 6) is -0.157. The Kier molecular flexibility index (Phi) is 5.07. The summed E-state index contributed by atoms with van der Waals surface area (Å²) < 4.78 is 0. The predicted octanol–water partition coefficient (Wildman–Crippen LogP) is 3.86. The van der Waals surface area contributed by atoms with Gasteiger partial charge in [-0.05, 0) is 61.7 Å². The molecule has 0 aliphatic carbocycles. The minimum absolute atomic E-state index is 0.157. The summed E-state index contributed by atoms with van der Waals surface area (Å²) in [4.78, 5) is 14.6. The van der Waals surface area contributed by atoms with Crippen LogP contribution in [0.25, 0.3) is 0 Å². The molecule has 1 heterocycles. The van der Waals surface area contributed by atoms with E-state index in [2.05, 4.69) is 10.2 Å². The molecular weight excluding hydrogens is 324 g/mol. The van der Waals surface area contributed by atoms with Crippen LogP contribution in [0.15, 0.2) is 42.5 Å². The number of benzene rings is 2. The molecule has 24 heavy (non-hydrogen) atoms. The Labute approximate surface area is 147 Å². The van der Waals surface area contributed by atoms with E-state index >= 15 is 0 Å². The lowest BCUT2D eigenvalue weighted by Crippen LogP contribution is -2.35. The fourth-order valence-corrected chi connectivity index (χ4v) is 3.00. The Hall–Kier alpha value is -2.04.